The van der Waals surface area contributed by atoms with Crippen molar-refractivity contribution in [3.05, 3.63) is 179 Å². The van der Waals surface area contributed by atoms with Crippen molar-refractivity contribution < 1.29 is 9.60 Å². The van der Waals surface area contributed by atoms with Gasteiger partial charge in [0.15, 0.2) is 0 Å². The van der Waals surface area contributed by atoms with Gasteiger partial charge in [-0.3, -0.25) is 0 Å². The first kappa shape index (κ1) is 39.7. The van der Waals surface area contributed by atoms with Gasteiger partial charge in [0.1, 0.15) is 0 Å². The Labute approximate surface area is 434 Å². The standard InChI is InChI=1S/C65H72BN3S/c1-41-37-55-58-56(38-41)69(50-32-23-45(24-33-50)64(11,12)13)59-52-39-46(65(14,15)16)25-36-57(52)70-60(59)66(58)53-35-34-51(40-54(53)68(55)49-30-21-44(22-31-49)63(8,9)10)67(47-26-17-42(18-27-47)61(2,3)4)48-28-19-43(20-29-48)62(5,6)7/h17-40H,1-16H3/i21D,22D,25D,30D,31D,36D,39D. The van der Waals surface area contributed by atoms with Crippen molar-refractivity contribution in [1.82, 2.24) is 0 Å². The largest absolute Gasteiger partial charge is 0.311 e. The zero-order valence-corrected chi connectivity index (χ0v) is 45.0. The third-order valence-electron chi connectivity index (χ3n) is 14.1. The molecule has 2 aliphatic heterocycles. The molecule has 0 amide bonds. The summed E-state index contributed by atoms with van der Waals surface area (Å²) in [6.45, 7) is 33.3. The molecule has 3 heterocycles. The van der Waals surface area contributed by atoms with Crippen molar-refractivity contribution >= 4 is 95.0 Å². The summed E-state index contributed by atoms with van der Waals surface area (Å²) in [4.78, 5) is 6.49. The Morgan fingerprint density at radius 3 is 1.41 bits per heavy atom. The molecular weight excluding hydrogens is 866 g/mol. The predicted molar refractivity (Wildman–Crippen MR) is 309 cm³/mol. The van der Waals surface area contributed by atoms with Gasteiger partial charge >= 0.3 is 0 Å². The quantitative estimate of drug-likeness (QED) is 0.159. The monoisotopic (exact) mass is 945 g/mol. The normalized spacial score (nSPS) is 15.3. The smallest absolute Gasteiger partial charge is 0.264 e. The summed E-state index contributed by atoms with van der Waals surface area (Å²) in [5.74, 6) is 0. The minimum Gasteiger partial charge on any atom is -0.311 e. The van der Waals surface area contributed by atoms with Crippen LogP contribution in [0.2, 0.25) is 0 Å². The van der Waals surface area contributed by atoms with Gasteiger partial charge < -0.3 is 14.7 Å². The molecule has 0 radical (unpaired) electrons. The van der Waals surface area contributed by atoms with Crippen LogP contribution >= 0.6 is 11.3 Å². The Kier molecular flexibility index (Phi) is 9.36. The first-order valence-electron chi connectivity index (χ1n) is 28.4. The Bertz CT molecular complexity index is 3610. The highest BCUT2D eigenvalue weighted by Gasteiger charge is 2.46. The van der Waals surface area contributed by atoms with E-state index in [2.05, 4.69) is 182 Å². The maximum atomic E-state index is 10.1. The van der Waals surface area contributed by atoms with Crippen LogP contribution in [0.4, 0.5) is 51.2 Å². The molecule has 1 aromatic heterocycles. The first-order chi connectivity index (χ1) is 35.7. The summed E-state index contributed by atoms with van der Waals surface area (Å²) >= 11 is 1.48. The topological polar surface area (TPSA) is 9.72 Å². The van der Waals surface area contributed by atoms with Crippen molar-refractivity contribution in [3.8, 4) is 0 Å². The number of aryl methyl sites for hydroxylation is 1. The molecule has 3 nitrogen and oxygen atoms in total. The van der Waals surface area contributed by atoms with Crippen LogP contribution in [0.15, 0.2) is 145 Å². The number of fused-ring (bicyclic) bond motifs is 6. The first-order valence-corrected chi connectivity index (χ1v) is 25.7. The highest BCUT2D eigenvalue weighted by atomic mass is 32.1. The molecule has 8 aromatic rings. The van der Waals surface area contributed by atoms with Crippen LogP contribution in [-0.2, 0) is 27.1 Å². The Balaban J connectivity index is 1.35. The molecule has 2 aliphatic rings. The number of thiophene rings is 1. The van der Waals surface area contributed by atoms with Crippen LogP contribution in [0.5, 0.6) is 0 Å². The fourth-order valence-corrected chi connectivity index (χ4v) is 11.2. The zero-order chi connectivity index (χ0) is 56.1. The van der Waals surface area contributed by atoms with E-state index >= 15 is 0 Å². The summed E-state index contributed by atoms with van der Waals surface area (Å²) in [6.07, 6.45) is 0. The Hall–Kier alpha value is -6.04. The van der Waals surface area contributed by atoms with Crippen molar-refractivity contribution in [1.29, 1.82) is 0 Å². The van der Waals surface area contributed by atoms with Crippen molar-refractivity contribution in [2.45, 2.75) is 138 Å². The van der Waals surface area contributed by atoms with Gasteiger partial charge in [0.25, 0.3) is 6.71 Å². The fourth-order valence-electron chi connectivity index (χ4n) is 10.0. The van der Waals surface area contributed by atoms with Crippen molar-refractivity contribution in [2.24, 2.45) is 0 Å². The van der Waals surface area contributed by atoms with Crippen molar-refractivity contribution in [3.63, 3.8) is 0 Å². The van der Waals surface area contributed by atoms with E-state index in [-0.39, 0.29) is 64.2 Å². The van der Waals surface area contributed by atoms with E-state index in [9.17, 15) is 9.60 Å². The molecule has 0 bridgehead atoms. The predicted octanol–water partition coefficient (Wildman–Crippen LogP) is 17.2. The van der Waals surface area contributed by atoms with E-state index in [1.165, 1.54) is 28.0 Å². The average molecular weight is 945 g/mol. The summed E-state index contributed by atoms with van der Waals surface area (Å²) in [7, 11) is 0. The van der Waals surface area contributed by atoms with Gasteiger partial charge in [-0.05, 0) is 163 Å². The van der Waals surface area contributed by atoms with Crippen LogP contribution in [0.3, 0.4) is 0 Å². The number of benzene rings is 7. The SMILES string of the molecule is [2H]c1c([2H])c(C(C)(C)C)c([2H])c([2H])c1N1c2cc(N(c3ccc(C(C)(C)C)cc3)c3ccc(C(C)(C)C)cc3)ccc2B2c3sc4c([2H])c([2H])c(C(C)(C)C)c([2H])c4c3N(c3ccc(C(C)(C)C)cc3)c3cc(C)cc1c32. The average Bonchev–Trinajstić information content (AvgIpc) is 3.75. The second-order valence-corrected chi connectivity index (χ2v) is 25.8. The number of anilines is 9. The van der Waals surface area contributed by atoms with E-state index in [0.29, 0.717) is 26.9 Å². The number of hydrogen-bond donors (Lipinski definition) is 0. The highest BCUT2D eigenvalue weighted by molar-refractivity contribution is 7.33. The Morgan fingerprint density at radius 1 is 0.457 bits per heavy atom. The van der Waals surface area contributed by atoms with Gasteiger partial charge in [-0.15, -0.1) is 11.3 Å². The molecule has 0 spiro atoms. The molecule has 0 saturated heterocycles. The van der Waals surface area contributed by atoms with Gasteiger partial charge in [-0.25, -0.2) is 0 Å². The molecule has 0 atom stereocenters. The number of nitrogens with zero attached hydrogens (tertiary/aromatic N) is 3. The van der Waals surface area contributed by atoms with Crippen LogP contribution in [0, 0.1) is 6.92 Å². The fraction of sp³-hybridized carbons (Fsp3) is 0.323. The lowest BCUT2D eigenvalue weighted by Crippen LogP contribution is -2.60. The van der Waals surface area contributed by atoms with Crippen LogP contribution in [0.25, 0.3) is 10.1 Å². The molecule has 356 valence electrons. The van der Waals surface area contributed by atoms with Crippen LogP contribution < -0.4 is 30.4 Å². The van der Waals surface area contributed by atoms with Gasteiger partial charge in [-0.2, -0.15) is 0 Å². The molecule has 0 fully saturated rings. The van der Waals surface area contributed by atoms with Gasteiger partial charge in [0.05, 0.1) is 15.3 Å². The third kappa shape index (κ3) is 8.36. The maximum Gasteiger partial charge on any atom is 0.264 e. The van der Waals surface area contributed by atoms with E-state index in [1.807, 2.05) is 46.4 Å². The van der Waals surface area contributed by atoms with Gasteiger partial charge in [-0.1, -0.05) is 164 Å². The Morgan fingerprint density at radius 2 is 0.914 bits per heavy atom. The summed E-state index contributed by atoms with van der Waals surface area (Å²) in [5, 5.41) is 0.645. The number of rotatable bonds is 5. The molecule has 5 heteroatoms. The summed E-state index contributed by atoms with van der Waals surface area (Å²) < 4.78 is 70.1. The van der Waals surface area contributed by atoms with E-state index in [1.54, 1.807) is 0 Å². The summed E-state index contributed by atoms with van der Waals surface area (Å²) in [5.41, 5.74) is 12.5. The molecule has 0 saturated carbocycles. The molecule has 7 aromatic carbocycles. The second kappa shape index (κ2) is 16.5. The molecule has 0 unspecified atom stereocenters. The maximum absolute atomic E-state index is 10.1. The van der Waals surface area contributed by atoms with Gasteiger partial charge in [0, 0.05) is 60.4 Å². The molecule has 70 heavy (non-hydrogen) atoms. The zero-order valence-electron chi connectivity index (χ0n) is 51.1. The van der Waals surface area contributed by atoms with E-state index < -0.39 is 17.5 Å². The lowest BCUT2D eigenvalue weighted by atomic mass is 9.36. The molecule has 0 aliphatic carbocycles. The van der Waals surface area contributed by atoms with E-state index in [0.717, 1.165) is 61.1 Å². The summed E-state index contributed by atoms with van der Waals surface area (Å²) in [6, 6.07) is 36.9. The molecule has 0 N–H and O–H groups in total. The van der Waals surface area contributed by atoms with E-state index in [4.69, 9.17) is 0 Å². The third-order valence-corrected chi connectivity index (χ3v) is 15.3. The highest BCUT2D eigenvalue weighted by Crippen LogP contribution is 2.50. The lowest BCUT2D eigenvalue weighted by molar-refractivity contribution is 0.590. The lowest BCUT2D eigenvalue weighted by Gasteiger charge is -2.44. The molecule has 10 rings (SSSR count). The minimum atomic E-state index is -0.676. The minimum absolute atomic E-state index is 0.0665. The van der Waals surface area contributed by atoms with Crippen LogP contribution in [-0.4, -0.2) is 6.71 Å². The van der Waals surface area contributed by atoms with Crippen LogP contribution in [0.1, 0.15) is 147 Å². The van der Waals surface area contributed by atoms with Crippen molar-refractivity contribution in [2.75, 3.05) is 14.7 Å². The number of hydrogen-bond acceptors (Lipinski definition) is 4. The molecular formula is C65H72BN3S. The van der Waals surface area contributed by atoms with Gasteiger partial charge in [0.2, 0.25) is 0 Å². The second-order valence-electron chi connectivity index (χ2n) is 24.8.